The summed E-state index contributed by atoms with van der Waals surface area (Å²) < 4.78 is 0.806. The molecule has 0 bridgehead atoms. The molecule has 0 aromatic carbocycles. The Kier molecular flexibility index (Phi) is 21.0. The highest BCUT2D eigenvalue weighted by Gasteiger charge is 2.27. The molecule has 34 heavy (non-hydrogen) atoms. The molecule has 0 spiro atoms. The van der Waals surface area contributed by atoms with Crippen LogP contribution in [0, 0.1) is 0 Å². The fourth-order valence-corrected chi connectivity index (χ4v) is 4.87. The van der Waals surface area contributed by atoms with E-state index in [4.69, 9.17) is 0 Å². The molecule has 0 atom stereocenters. The lowest BCUT2D eigenvalue weighted by Gasteiger charge is -2.33. The highest BCUT2D eigenvalue weighted by molar-refractivity contribution is 5.85. The van der Waals surface area contributed by atoms with Crippen LogP contribution in [0.25, 0.3) is 0 Å². The largest absolute Gasteiger partial charge is 0.356 e. The lowest BCUT2D eigenvalue weighted by atomic mass is 10.0. The van der Waals surface area contributed by atoms with Crippen molar-refractivity contribution in [3.63, 3.8) is 0 Å². The summed E-state index contributed by atoms with van der Waals surface area (Å²) in [5.74, 6) is 0.489. The third-order valence-electron chi connectivity index (χ3n) is 6.99. The average Bonchev–Trinajstić information content (AvgIpc) is 3.17. The van der Waals surface area contributed by atoms with Crippen molar-refractivity contribution in [2.24, 2.45) is 0 Å². The second-order valence-electron chi connectivity index (χ2n) is 11.0. The standard InChI is InChI=1S/C28H55N3O2.ClH/c1-4-5-6-7-8-9-10-11-12-13-14-15-16-17-18-21-27(32)29-23-20-25-31(2,3)26-30-24-19-22-28(30)33;/h4-26H2,1-3H3;1H/p+1. The minimum Gasteiger partial charge on any atom is -0.356 e. The SMILES string of the molecule is CCCCCCCCCCCCCCCCCC(=O)NCCC[N+](C)(C)CN1CCCC1=O.Cl. The van der Waals surface area contributed by atoms with Gasteiger partial charge in [-0.1, -0.05) is 96.8 Å². The molecule has 0 unspecified atom stereocenters. The van der Waals surface area contributed by atoms with E-state index in [1.807, 2.05) is 4.90 Å². The Bertz CT molecular complexity index is 514. The predicted octanol–water partition coefficient (Wildman–Crippen LogP) is 6.83. The van der Waals surface area contributed by atoms with Crippen LogP contribution >= 0.6 is 12.4 Å². The summed E-state index contributed by atoms with van der Waals surface area (Å²) >= 11 is 0. The molecule has 202 valence electrons. The summed E-state index contributed by atoms with van der Waals surface area (Å²) in [6.45, 7) is 5.68. The first-order valence-electron chi connectivity index (χ1n) is 14.3. The number of quaternary nitrogens is 1. The van der Waals surface area contributed by atoms with Gasteiger partial charge in [0.15, 0.2) is 6.67 Å². The van der Waals surface area contributed by atoms with Gasteiger partial charge < -0.3 is 9.80 Å². The third kappa shape index (κ3) is 18.5. The second kappa shape index (κ2) is 21.5. The Morgan fingerprint density at radius 1 is 0.824 bits per heavy atom. The molecule has 5 nitrogen and oxygen atoms in total. The quantitative estimate of drug-likeness (QED) is 0.130. The van der Waals surface area contributed by atoms with Gasteiger partial charge in [0, 0.05) is 32.4 Å². The van der Waals surface area contributed by atoms with Gasteiger partial charge in [-0.3, -0.25) is 14.5 Å². The maximum absolute atomic E-state index is 12.1. The molecule has 1 aliphatic heterocycles. The van der Waals surface area contributed by atoms with E-state index in [0.717, 1.165) is 50.0 Å². The molecule has 0 aromatic heterocycles. The van der Waals surface area contributed by atoms with Gasteiger partial charge in [-0.05, 0) is 12.8 Å². The normalized spacial score (nSPS) is 13.9. The Morgan fingerprint density at radius 2 is 1.32 bits per heavy atom. The highest BCUT2D eigenvalue weighted by Crippen LogP contribution is 2.14. The zero-order valence-corrected chi connectivity index (χ0v) is 23.7. The molecule has 0 aliphatic carbocycles. The summed E-state index contributed by atoms with van der Waals surface area (Å²) in [6, 6.07) is 0. The summed E-state index contributed by atoms with van der Waals surface area (Å²) in [5, 5.41) is 3.08. The number of hydrogen-bond acceptors (Lipinski definition) is 2. The van der Waals surface area contributed by atoms with Crippen molar-refractivity contribution in [2.45, 2.75) is 129 Å². The molecule has 0 radical (unpaired) electrons. The molecule has 1 aliphatic rings. The van der Waals surface area contributed by atoms with Gasteiger partial charge in [-0.15, -0.1) is 12.4 Å². The van der Waals surface area contributed by atoms with Crippen LogP contribution in [0.5, 0.6) is 0 Å². The van der Waals surface area contributed by atoms with Crippen LogP contribution in [0.15, 0.2) is 0 Å². The van der Waals surface area contributed by atoms with E-state index < -0.39 is 0 Å². The van der Waals surface area contributed by atoms with Crippen LogP contribution in [0.4, 0.5) is 0 Å². The van der Waals surface area contributed by atoms with Crippen LogP contribution in [0.1, 0.15) is 129 Å². The number of rotatable bonds is 22. The van der Waals surface area contributed by atoms with E-state index in [9.17, 15) is 9.59 Å². The van der Waals surface area contributed by atoms with Crippen LogP contribution in [-0.2, 0) is 9.59 Å². The molecular weight excluding hydrogens is 446 g/mol. The van der Waals surface area contributed by atoms with Gasteiger partial charge in [-0.2, -0.15) is 0 Å². The van der Waals surface area contributed by atoms with E-state index in [1.165, 1.54) is 89.9 Å². The Balaban J connectivity index is 0.0000109. The smallest absolute Gasteiger partial charge is 0.226 e. The minimum atomic E-state index is 0. The van der Waals surface area contributed by atoms with E-state index in [2.05, 4.69) is 26.3 Å². The number of likely N-dealkylation sites (tertiary alicyclic amines) is 1. The Hall–Kier alpha value is -0.810. The van der Waals surface area contributed by atoms with E-state index in [-0.39, 0.29) is 24.2 Å². The van der Waals surface area contributed by atoms with E-state index >= 15 is 0 Å². The molecule has 6 heteroatoms. The van der Waals surface area contributed by atoms with Gasteiger partial charge in [0.1, 0.15) is 0 Å². The van der Waals surface area contributed by atoms with Crippen molar-refractivity contribution < 1.29 is 14.1 Å². The topological polar surface area (TPSA) is 49.4 Å². The van der Waals surface area contributed by atoms with Crippen LogP contribution < -0.4 is 5.32 Å². The number of unbranched alkanes of at least 4 members (excludes halogenated alkanes) is 14. The zero-order valence-electron chi connectivity index (χ0n) is 22.9. The van der Waals surface area contributed by atoms with Crippen LogP contribution in [-0.4, -0.2) is 61.6 Å². The fraction of sp³-hybridized carbons (Fsp3) is 0.929. The van der Waals surface area contributed by atoms with Crippen molar-refractivity contribution in [3.8, 4) is 0 Å². The summed E-state index contributed by atoms with van der Waals surface area (Å²) in [5.41, 5.74) is 0. The highest BCUT2D eigenvalue weighted by atomic mass is 35.5. The fourth-order valence-electron chi connectivity index (χ4n) is 4.87. The van der Waals surface area contributed by atoms with Gasteiger partial charge in [0.25, 0.3) is 0 Å². The Morgan fingerprint density at radius 3 is 1.79 bits per heavy atom. The second-order valence-corrected chi connectivity index (χ2v) is 11.0. The van der Waals surface area contributed by atoms with Gasteiger partial charge >= 0.3 is 0 Å². The lowest BCUT2D eigenvalue weighted by Crippen LogP contribution is -2.50. The molecule has 1 rings (SSSR count). The molecule has 2 amide bonds. The number of carbonyl (C=O) groups is 2. The first-order chi connectivity index (χ1) is 15.9. The molecule has 1 heterocycles. The number of hydrogen-bond donors (Lipinski definition) is 1. The zero-order chi connectivity index (χ0) is 24.2. The lowest BCUT2D eigenvalue weighted by molar-refractivity contribution is -0.898. The van der Waals surface area contributed by atoms with Crippen molar-refractivity contribution >= 4 is 24.2 Å². The van der Waals surface area contributed by atoms with Gasteiger partial charge in [0.2, 0.25) is 11.8 Å². The van der Waals surface area contributed by atoms with Crippen molar-refractivity contribution in [3.05, 3.63) is 0 Å². The number of halogens is 1. The maximum atomic E-state index is 12.1. The maximum Gasteiger partial charge on any atom is 0.226 e. The van der Waals surface area contributed by atoms with Crippen molar-refractivity contribution in [1.82, 2.24) is 10.2 Å². The van der Waals surface area contributed by atoms with Gasteiger partial charge in [-0.25, -0.2) is 0 Å². The molecular formula is C28H57ClN3O2+. The molecule has 1 N–H and O–H groups in total. The van der Waals surface area contributed by atoms with E-state index in [1.54, 1.807) is 0 Å². The molecule has 0 saturated carbocycles. The van der Waals surface area contributed by atoms with E-state index in [0.29, 0.717) is 12.8 Å². The minimum absolute atomic E-state index is 0. The molecule has 1 saturated heterocycles. The van der Waals surface area contributed by atoms with Gasteiger partial charge in [0.05, 0.1) is 20.6 Å². The summed E-state index contributed by atoms with van der Waals surface area (Å²) in [4.78, 5) is 25.8. The summed E-state index contributed by atoms with van der Waals surface area (Å²) in [7, 11) is 4.34. The molecule has 1 fully saturated rings. The summed E-state index contributed by atoms with van der Waals surface area (Å²) in [6.07, 6.45) is 23.6. The first-order valence-corrected chi connectivity index (χ1v) is 14.3. The number of amides is 2. The predicted molar refractivity (Wildman–Crippen MR) is 147 cm³/mol. The monoisotopic (exact) mass is 502 g/mol. The van der Waals surface area contributed by atoms with Crippen molar-refractivity contribution in [1.29, 1.82) is 0 Å². The third-order valence-corrected chi connectivity index (χ3v) is 6.99. The number of carbonyl (C=O) groups excluding carboxylic acids is 2. The number of nitrogens with one attached hydrogen (secondary N) is 1. The van der Waals surface area contributed by atoms with Crippen LogP contribution in [0.3, 0.4) is 0 Å². The first kappa shape index (κ1) is 33.2. The van der Waals surface area contributed by atoms with Crippen LogP contribution in [0.2, 0.25) is 0 Å². The Labute approximate surface area is 217 Å². The number of nitrogens with zero attached hydrogens (tertiary/aromatic N) is 2. The molecule has 0 aromatic rings. The van der Waals surface area contributed by atoms with Crippen molar-refractivity contribution in [2.75, 3.05) is 40.4 Å². The average molecular weight is 503 g/mol.